The second-order valence-electron chi connectivity index (χ2n) is 2.29. The van der Waals surface area contributed by atoms with Crippen molar-refractivity contribution < 1.29 is 5.11 Å². The van der Waals surface area contributed by atoms with E-state index in [-0.39, 0.29) is 5.75 Å². The van der Waals surface area contributed by atoms with Crippen molar-refractivity contribution in [3.8, 4) is 5.75 Å². The van der Waals surface area contributed by atoms with E-state index < -0.39 is 0 Å². The van der Waals surface area contributed by atoms with Crippen molar-refractivity contribution in [1.82, 2.24) is 0 Å². The third-order valence-corrected chi connectivity index (χ3v) is 2.10. The quantitative estimate of drug-likeness (QED) is 0.767. The van der Waals surface area contributed by atoms with Crippen LogP contribution in [0.4, 0.5) is 0 Å². The molecule has 3 heteroatoms. The summed E-state index contributed by atoms with van der Waals surface area (Å²) in [5, 5.41) is 9.36. The van der Waals surface area contributed by atoms with Gasteiger partial charge in [-0.05, 0) is 18.2 Å². The van der Waals surface area contributed by atoms with Crippen LogP contribution in [-0.2, 0) is 0 Å². The number of hydrogen-bond acceptors (Lipinski definition) is 2. The maximum atomic E-state index is 9.36. The Bertz CT molecular complexity index is 297. The predicted molar refractivity (Wildman–Crippen MR) is 58.7 cm³/mol. The van der Waals surface area contributed by atoms with Crippen molar-refractivity contribution in [1.29, 1.82) is 0 Å². The number of thiol groups is 1. The summed E-state index contributed by atoms with van der Waals surface area (Å²) in [5.41, 5.74) is 0.804. The monoisotopic (exact) mass is 244 g/mol. The van der Waals surface area contributed by atoms with E-state index in [1.165, 1.54) is 0 Å². The molecule has 0 spiro atoms. The summed E-state index contributed by atoms with van der Waals surface area (Å²) in [6, 6.07) is 5.31. The maximum Gasteiger partial charge on any atom is 0.122 e. The topological polar surface area (TPSA) is 20.2 Å². The van der Waals surface area contributed by atoms with Crippen LogP contribution in [0.3, 0.4) is 0 Å². The first kappa shape index (κ1) is 9.68. The molecule has 0 fully saturated rings. The van der Waals surface area contributed by atoms with Crippen LogP contribution < -0.4 is 0 Å². The van der Waals surface area contributed by atoms with Crippen molar-refractivity contribution in [2.75, 3.05) is 5.75 Å². The van der Waals surface area contributed by atoms with E-state index in [4.69, 9.17) is 0 Å². The Labute approximate surface area is 85.7 Å². The molecule has 0 bridgehead atoms. The molecule has 0 heterocycles. The van der Waals surface area contributed by atoms with Crippen molar-refractivity contribution >= 4 is 34.6 Å². The van der Waals surface area contributed by atoms with Gasteiger partial charge in [0.1, 0.15) is 5.75 Å². The standard InChI is InChI=1S/C9H9BrOS/c10-8-3-4-9(11)7(6-8)2-1-5-12/h1-4,6,11-12H,5H2. The zero-order chi connectivity index (χ0) is 8.97. The van der Waals surface area contributed by atoms with Crippen molar-refractivity contribution in [2.24, 2.45) is 0 Å². The third kappa shape index (κ3) is 2.57. The summed E-state index contributed by atoms with van der Waals surface area (Å²) in [5.74, 6) is 0.961. The molecular weight excluding hydrogens is 236 g/mol. The number of benzene rings is 1. The zero-order valence-corrected chi connectivity index (χ0v) is 8.85. The van der Waals surface area contributed by atoms with Crippen LogP contribution in [0.5, 0.6) is 5.75 Å². The van der Waals surface area contributed by atoms with E-state index in [2.05, 4.69) is 28.6 Å². The Morgan fingerprint density at radius 1 is 1.50 bits per heavy atom. The van der Waals surface area contributed by atoms with Gasteiger partial charge in [-0.25, -0.2) is 0 Å². The number of aromatic hydroxyl groups is 1. The fourth-order valence-corrected chi connectivity index (χ4v) is 1.32. The molecule has 1 aromatic rings. The van der Waals surface area contributed by atoms with Gasteiger partial charge in [0.15, 0.2) is 0 Å². The second-order valence-corrected chi connectivity index (χ2v) is 3.57. The average molecular weight is 245 g/mol. The van der Waals surface area contributed by atoms with Gasteiger partial charge in [0, 0.05) is 15.8 Å². The Morgan fingerprint density at radius 3 is 2.92 bits per heavy atom. The molecule has 1 nitrogen and oxygen atoms in total. The molecule has 0 saturated carbocycles. The van der Waals surface area contributed by atoms with Crippen molar-refractivity contribution in [2.45, 2.75) is 0 Å². The number of rotatable bonds is 2. The number of halogens is 1. The highest BCUT2D eigenvalue weighted by Gasteiger charge is 1.96. The van der Waals surface area contributed by atoms with Gasteiger partial charge in [-0.3, -0.25) is 0 Å². The number of phenols is 1. The molecule has 1 N–H and O–H groups in total. The van der Waals surface area contributed by atoms with E-state index in [9.17, 15) is 5.11 Å². The summed E-state index contributed by atoms with van der Waals surface area (Å²) < 4.78 is 0.958. The molecule has 0 aliphatic carbocycles. The van der Waals surface area contributed by atoms with E-state index in [0.717, 1.165) is 10.0 Å². The minimum absolute atomic E-state index is 0.288. The minimum atomic E-state index is 0.288. The summed E-state index contributed by atoms with van der Waals surface area (Å²) in [7, 11) is 0. The van der Waals surface area contributed by atoms with Crippen LogP contribution in [-0.4, -0.2) is 10.9 Å². The van der Waals surface area contributed by atoms with Crippen LogP contribution in [0.25, 0.3) is 6.08 Å². The highest BCUT2D eigenvalue weighted by molar-refractivity contribution is 9.10. The van der Waals surface area contributed by atoms with Crippen molar-refractivity contribution in [3.05, 3.63) is 34.3 Å². The Hall–Kier alpha value is -0.410. The number of phenolic OH excluding ortho intramolecular Hbond substituents is 1. The predicted octanol–water partition coefficient (Wildman–Crippen LogP) is 3.10. The highest BCUT2D eigenvalue weighted by atomic mass is 79.9. The first-order valence-electron chi connectivity index (χ1n) is 3.50. The molecule has 1 rings (SSSR count). The van der Waals surface area contributed by atoms with Crippen molar-refractivity contribution in [3.63, 3.8) is 0 Å². The lowest BCUT2D eigenvalue weighted by atomic mass is 10.2. The van der Waals surface area contributed by atoms with Crippen LogP contribution in [0.2, 0.25) is 0 Å². The lowest BCUT2D eigenvalue weighted by molar-refractivity contribution is 0.474. The summed E-state index contributed by atoms with van der Waals surface area (Å²) in [4.78, 5) is 0. The molecule has 0 aliphatic heterocycles. The molecule has 0 unspecified atom stereocenters. The highest BCUT2D eigenvalue weighted by Crippen LogP contribution is 2.22. The third-order valence-electron chi connectivity index (χ3n) is 1.39. The molecule has 0 aliphatic rings. The van der Waals surface area contributed by atoms with Crippen LogP contribution in [0.1, 0.15) is 5.56 Å². The first-order chi connectivity index (χ1) is 5.74. The molecule has 0 saturated heterocycles. The van der Waals surface area contributed by atoms with Gasteiger partial charge in [0.05, 0.1) is 0 Å². The van der Waals surface area contributed by atoms with Crippen LogP contribution in [0, 0.1) is 0 Å². The summed E-state index contributed by atoms with van der Waals surface area (Å²) in [6.45, 7) is 0. The molecule has 1 aromatic carbocycles. The molecular formula is C9H9BrOS. The number of hydrogen-bond donors (Lipinski definition) is 2. The van der Waals surface area contributed by atoms with E-state index in [1.54, 1.807) is 12.1 Å². The summed E-state index contributed by atoms with van der Waals surface area (Å²) in [6.07, 6.45) is 3.72. The van der Waals surface area contributed by atoms with E-state index in [0.29, 0.717) is 5.75 Å². The molecule has 12 heavy (non-hydrogen) atoms. The maximum absolute atomic E-state index is 9.36. The van der Waals surface area contributed by atoms with Gasteiger partial charge in [0.2, 0.25) is 0 Å². The zero-order valence-electron chi connectivity index (χ0n) is 6.37. The van der Waals surface area contributed by atoms with Gasteiger partial charge in [-0.2, -0.15) is 12.6 Å². The van der Waals surface area contributed by atoms with Gasteiger partial charge < -0.3 is 5.11 Å². The Balaban J connectivity index is 2.97. The first-order valence-corrected chi connectivity index (χ1v) is 4.92. The Kier molecular flexibility index (Phi) is 3.69. The molecule has 0 amide bonds. The van der Waals surface area contributed by atoms with Gasteiger partial charge in [-0.1, -0.05) is 28.1 Å². The lowest BCUT2D eigenvalue weighted by Crippen LogP contribution is -1.74. The van der Waals surface area contributed by atoms with Gasteiger partial charge >= 0.3 is 0 Å². The second kappa shape index (κ2) is 4.58. The molecule has 0 aromatic heterocycles. The summed E-state index contributed by atoms with van der Waals surface area (Å²) >= 11 is 7.35. The SMILES string of the molecule is Oc1ccc(Br)cc1C=CCS. The molecule has 0 atom stereocenters. The molecule has 64 valence electrons. The van der Waals surface area contributed by atoms with Crippen LogP contribution in [0.15, 0.2) is 28.7 Å². The molecule has 0 radical (unpaired) electrons. The lowest BCUT2D eigenvalue weighted by Gasteiger charge is -1.98. The smallest absolute Gasteiger partial charge is 0.122 e. The van der Waals surface area contributed by atoms with Crippen LogP contribution >= 0.6 is 28.6 Å². The fourth-order valence-electron chi connectivity index (χ4n) is 0.839. The van der Waals surface area contributed by atoms with Gasteiger partial charge in [-0.15, -0.1) is 0 Å². The van der Waals surface area contributed by atoms with E-state index >= 15 is 0 Å². The largest absolute Gasteiger partial charge is 0.507 e. The van der Waals surface area contributed by atoms with E-state index in [1.807, 2.05) is 18.2 Å². The fraction of sp³-hybridized carbons (Fsp3) is 0.111. The minimum Gasteiger partial charge on any atom is -0.507 e. The normalized spacial score (nSPS) is 10.8. The average Bonchev–Trinajstić information content (AvgIpc) is 2.07. The van der Waals surface area contributed by atoms with Gasteiger partial charge in [0.25, 0.3) is 0 Å². The Morgan fingerprint density at radius 2 is 2.25 bits per heavy atom.